The number of rotatable bonds is 0. The molecule has 2 aliphatic heterocycles. The molecule has 1 N–H and O–H groups in total. The number of piperidine rings is 1. The number of nitriles is 1. The van der Waals surface area contributed by atoms with Crippen LogP contribution in [0.2, 0.25) is 5.02 Å². The summed E-state index contributed by atoms with van der Waals surface area (Å²) in [6, 6.07) is 5.58. The second-order valence-corrected chi connectivity index (χ2v) is 5.15. The summed E-state index contributed by atoms with van der Waals surface area (Å²) < 4.78 is 6.12. The predicted octanol–water partition coefficient (Wildman–Crippen LogP) is 2.74. The number of hydrogen-bond donors (Lipinski definition) is 1. The van der Waals surface area contributed by atoms with E-state index in [1.807, 2.05) is 12.1 Å². The maximum atomic E-state index is 8.92. The first-order chi connectivity index (χ1) is 8.72. The fraction of sp³-hybridized carbons (Fsp3) is 0.357. The highest BCUT2D eigenvalue weighted by atomic mass is 35.5. The SMILES string of the molecule is N#Cc1cc(Cl)c2c(c1)C=CC1(CCNCC1)O2. The normalized spacial score (nSPS) is 20.0. The van der Waals surface area contributed by atoms with Crippen LogP contribution in [0.1, 0.15) is 24.0 Å². The van der Waals surface area contributed by atoms with Gasteiger partial charge in [0.25, 0.3) is 0 Å². The lowest BCUT2D eigenvalue weighted by Crippen LogP contribution is -2.45. The van der Waals surface area contributed by atoms with Gasteiger partial charge in [-0.2, -0.15) is 5.26 Å². The van der Waals surface area contributed by atoms with Crippen LogP contribution in [0.3, 0.4) is 0 Å². The van der Waals surface area contributed by atoms with E-state index in [9.17, 15) is 0 Å². The van der Waals surface area contributed by atoms with Crippen LogP contribution in [-0.2, 0) is 0 Å². The Hall–Kier alpha value is -1.50. The van der Waals surface area contributed by atoms with Crippen LogP contribution in [0.15, 0.2) is 18.2 Å². The van der Waals surface area contributed by atoms with Gasteiger partial charge in [-0.3, -0.25) is 0 Å². The monoisotopic (exact) mass is 260 g/mol. The van der Waals surface area contributed by atoms with Crippen molar-refractivity contribution in [1.82, 2.24) is 5.32 Å². The average molecular weight is 261 g/mol. The van der Waals surface area contributed by atoms with Crippen LogP contribution in [0, 0.1) is 11.3 Å². The summed E-state index contributed by atoms with van der Waals surface area (Å²) in [4.78, 5) is 0. The second kappa shape index (κ2) is 4.31. The van der Waals surface area contributed by atoms with Crippen molar-refractivity contribution in [2.45, 2.75) is 18.4 Å². The van der Waals surface area contributed by atoms with Gasteiger partial charge in [-0.15, -0.1) is 0 Å². The summed E-state index contributed by atoms with van der Waals surface area (Å²) in [6.45, 7) is 1.90. The smallest absolute Gasteiger partial charge is 0.146 e. The molecule has 0 aliphatic carbocycles. The molecule has 4 heteroatoms. The third-order valence-electron chi connectivity index (χ3n) is 3.52. The maximum Gasteiger partial charge on any atom is 0.146 e. The number of nitrogens with zero attached hydrogens (tertiary/aromatic N) is 1. The van der Waals surface area contributed by atoms with Crippen LogP contribution in [0.25, 0.3) is 6.08 Å². The second-order valence-electron chi connectivity index (χ2n) is 4.74. The fourth-order valence-corrected chi connectivity index (χ4v) is 2.77. The van der Waals surface area contributed by atoms with E-state index in [0.29, 0.717) is 16.3 Å². The molecule has 92 valence electrons. The van der Waals surface area contributed by atoms with Crippen molar-refractivity contribution in [2.24, 2.45) is 0 Å². The summed E-state index contributed by atoms with van der Waals surface area (Å²) in [5.41, 5.74) is 1.23. The summed E-state index contributed by atoms with van der Waals surface area (Å²) in [6.07, 6.45) is 6.02. The first kappa shape index (κ1) is 11.6. The van der Waals surface area contributed by atoms with Gasteiger partial charge in [0.2, 0.25) is 0 Å². The molecule has 0 amide bonds. The summed E-state index contributed by atoms with van der Waals surface area (Å²) in [5, 5.41) is 12.8. The van der Waals surface area contributed by atoms with E-state index >= 15 is 0 Å². The third kappa shape index (κ3) is 1.88. The Kier molecular flexibility index (Phi) is 2.77. The van der Waals surface area contributed by atoms with Gasteiger partial charge in [0.15, 0.2) is 0 Å². The Balaban J connectivity index is 2.01. The van der Waals surface area contributed by atoms with Gasteiger partial charge in [0.05, 0.1) is 16.7 Å². The van der Waals surface area contributed by atoms with Gasteiger partial charge in [-0.25, -0.2) is 0 Å². The topological polar surface area (TPSA) is 45.0 Å². The number of benzene rings is 1. The molecule has 18 heavy (non-hydrogen) atoms. The lowest BCUT2D eigenvalue weighted by molar-refractivity contribution is 0.0824. The lowest BCUT2D eigenvalue weighted by atomic mass is 9.89. The van der Waals surface area contributed by atoms with E-state index in [1.165, 1.54) is 0 Å². The third-order valence-corrected chi connectivity index (χ3v) is 3.80. The van der Waals surface area contributed by atoms with Gasteiger partial charge in [-0.1, -0.05) is 17.7 Å². The zero-order valence-corrected chi connectivity index (χ0v) is 10.6. The quantitative estimate of drug-likeness (QED) is 0.780. The van der Waals surface area contributed by atoms with Crippen molar-refractivity contribution >= 4 is 17.7 Å². The molecule has 0 saturated carbocycles. The molecule has 0 aromatic heterocycles. The number of fused-ring (bicyclic) bond motifs is 1. The van der Waals surface area contributed by atoms with E-state index in [0.717, 1.165) is 31.5 Å². The first-order valence-corrected chi connectivity index (χ1v) is 6.43. The van der Waals surface area contributed by atoms with Crippen molar-refractivity contribution < 1.29 is 4.74 Å². The number of nitrogens with one attached hydrogen (secondary N) is 1. The van der Waals surface area contributed by atoms with E-state index in [2.05, 4.69) is 17.5 Å². The standard InChI is InChI=1S/C14H13ClN2O/c15-12-8-10(9-16)7-11-1-2-14(18-13(11)12)3-5-17-6-4-14/h1-2,7-8,17H,3-6H2. The molecular formula is C14H13ClN2O. The highest BCUT2D eigenvalue weighted by Crippen LogP contribution is 2.40. The average Bonchev–Trinajstić information content (AvgIpc) is 2.40. The Morgan fingerprint density at radius 1 is 1.33 bits per heavy atom. The van der Waals surface area contributed by atoms with Crippen molar-refractivity contribution in [3.63, 3.8) is 0 Å². The number of hydrogen-bond acceptors (Lipinski definition) is 3. The van der Waals surface area contributed by atoms with Crippen LogP contribution >= 0.6 is 11.6 Å². The molecule has 2 heterocycles. The Morgan fingerprint density at radius 2 is 2.11 bits per heavy atom. The molecule has 0 atom stereocenters. The Labute approximate surface area is 111 Å². The molecule has 0 unspecified atom stereocenters. The zero-order valence-electron chi connectivity index (χ0n) is 9.87. The molecule has 0 bridgehead atoms. The van der Waals surface area contributed by atoms with Gasteiger partial charge in [0.1, 0.15) is 11.4 Å². The molecule has 3 rings (SSSR count). The molecule has 3 nitrogen and oxygen atoms in total. The fourth-order valence-electron chi connectivity index (χ4n) is 2.51. The van der Waals surface area contributed by atoms with Gasteiger partial charge in [0, 0.05) is 18.4 Å². The van der Waals surface area contributed by atoms with Crippen molar-refractivity contribution in [3.05, 3.63) is 34.4 Å². The molecule has 0 radical (unpaired) electrons. The maximum absolute atomic E-state index is 8.92. The van der Waals surface area contributed by atoms with Gasteiger partial charge in [-0.05, 0) is 31.3 Å². The van der Waals surface area contributed by atoms with Crippen molar-refractivity contribution in [3.8, 4) is 11.8 Å². The molecule has 1 saturated heterocycles. The summed E-state index contributed by atoms with van der Waals surface area (Å²) in [7, 11) is 0. The first-order valence-electron chi connectivity index (χ1n) is 6.05. The van der Waals surface area contributed by atoms with E-state index < -0.39 is 0 Å². The largest absolute Gasteiger partial charge is 0.481 e. The van der Waals surface area contributed by atoms with Crippen LogP contribution in [0.4, 0.5) is 0 Å². The van der Waals surface area contributed by atoms with Gasteiger partial charge >= 0.3 is 0 Å². The van der Waals surface area contributed by atoms with Gasteiger partial charge < -0.3 is 10.1 Å². The molecule has 1 fully saturated rings. The minimum Gasteiger partial charge on any atom is -0.481 e. The van der Waals surface area contributed by atoms with Crippen molar-refractivity contribution in [2.75, 3.05) is 13.1 Å². The molecule has 1 aromatic rings. The number of halogens is 1. The Bertz CT molecular complexity index is 554. The van der Waals surface area contributed by atoms with Crippen LogP contribution in [-0.4, -0.2) is 18.7 Å². The molecular weight excluding hydrogens is 248 g/mol. The van der Waals surface area contributed by atoms with E-state index in [4.69, 9.17) is 21.6 Å². The van der Waals surface area contributed by atoms with Crippen LogP contribution in [0.5, 0.6) is 5.75 Å². The molecule has 1 spiro atoms. The van der Waals surface area contributed by atoms with Crippen LogP contribution < -0.4 is 10.1 Å². The minimum absolute atomic E-state index is 0.226. The summed E-state index contributed by atoms with van der Waals surface area (Å²) in [5.74, 6) is 0.708. The lowest BCUT2D eigenvalue weighted by Gasteiger charge is -2.38. The highest BCUT2D eigenvalue weighted by molar-refractivity contribution is 6.32. The minimum atomic E-state index is -0.226. The highest BCUT2D eigenvalue weighted by Gasteiger charge is 2.35. The predicted molar refractivity (Wildman–Crippen MR) is 70.7 cm³/mol. The molecule has 2 aliphatic rings. The van der Waals surface area contributed by atoms with E-state index in [1.54, 1.807) is 6.07 Å². The summed E-state index contributed by atoms with van der Waals surface area (Å²) >= 11 is 6.20. The number of ether oxygens (including phenoxy) is 1. The zero-order chi connectivity index (χ0) is 12.6. The molecule has 1 aromatic carbocycles. The van der Waals surface area contributed by atoms with E-state index in [-0.39, 0.29) is 5.60 Å². The Morgan fingerprint density at radius 3 is 2.83 bits per heavy atom. The van der Waals surface area contributed by atoms with Crippen molar-refractivity contribution in [1.29, 1.82) is 5.26 Å².